The SMILES string of the molecule is Cc1ccccc1S(=O)(=O)N1C=CNN1. The molecule has 0 spiro atoms. The van der Waals surface area contributed by atoms with Gasteiger partial charge >= 0.3 is 0 Å². The zero-order valence-corrected chi connectivity index (χ0v) is 8.95. The van der Waals surface area contributed by atoms with E-state index in [-0.39, 0.29) is 0 Å². The summed E-state index contributed by atoms with van der Waals surface area (Å²) in [5.41, 5.74) is 5.81. The molecule has 0 unspecified atom stereocenters. The first-order chi connectivity index (χ1) is 7.12. The molecule has 1 aliphatic rings. The van der Waals surface area contributed by atoms with Crippen molar-refractivity contribution in [3.8, 4) is 0 Å². The van der Waals surface area contributed by atoms with Crippen LogP contribution in [0.1, 0.15) is 5.56 Å². The molecule has 0 bridgehead atoms. The van der Waals surface area contributed by atoms with E-state index in [0.717, 1.165) is 9.98 Å². The third-order valence-corrected chi connectivity index (χ3v) is 3.84. The number of hydrazine groups is 2. The molecule has 0 fully saturated rings. The van der Waals surface area contributed by atoms with E-state index in [1.165, 1.54) is 12.4 Å². The maximum Gasteiger partial charge on any atom is 0.278 e. The molecule has 6 heteroatoms. The molecule has 15 heavy (non-hydrogen) atoms. The summed E-state index contributed by atoms with van der Waals surface area (Å²) in [4.78, 5) is 0.297. The minimum absolute atomic E-state index is 0.297. The zero-order valence-electron chi connectivity index (χ0n) is 8.14. The summed E-state index contributed by atoms with van der Waals surface area (Å²) in [6, 6.07) is 6.85. The highest BCUT2D eigenvalue weighted by molar-refractivity contribution is 7.89. The summed E-state index contributed by atoms with van der Waals surface area (Å²) in [6.45, 7) is 1.76. The lowest BCUT2D eigenvalue weighted by Crippen LogP contribution is -2.39. The summed E-state index contributed by atoms with van der Waals surface area (Å²) < 4.78 is 25.1. The largest absolute Gasteiger partial charge is 0.309 e. The van der Waals surface area contributed by atoms with Crippen LogP contribution < -0.4 is 11.0 Å². The molecule has 1 aromatic rings. The first-order valence-corrected chi connectivity index (χ1v) is 5.84. The Kier molecular flexibility index (Phi) is 2.37. The molecule has 0 radical (unpaired) electrons. The van der Waals surface area contributed by atoms with Gasteiger partial charge in [-0.2, -0.15) is 12.8 Å². The molecular weight excluding hydrogens is 214 g/mol. The minimum Gasteiger partial charge on any atom is -0.309 e. The van der Waals surface area contributed by atoms with Gasteiger partial charge in [0.2, 0.25) is 0 Å². The molecule has 1 heterocycles. The van der Waals surface area contributed by atoms with E-state index in [1.807, 2.05) is 0 Å². The van der Waals surface area contributed by atoms with Crippen LogP contribution in [0.25, 0.3) is 0 Å². The molecule has 1 aliphatic heterocycles. The van der Waals surface area contributed by atoms with Crippen molar-refractivity contribution in [3.63, 3.8) is 0 Å². The Balaban J connectivity index is 2.46. The van der Waals surface area contributed by atoms with Crippen molar-refractivity contribution < 1.29 is 8.42 Å². The van der Waals surface area contributed by atoms with Crippen LogP contribution in [-0.2, 0) is 10.0 Å². The first-order valence-electron chi connectivity index (χ1n) is 4.40. The fourth-order valence-electron chi connectivity index (χ4n) is 1.34. The molecule has 80 valence electrons. The Labute approximate surface area is 88.4 Å². The number of hydrogen-bond donors (Lipinski definition) is 2. The van der Waals surface area contributed by atoms with Crippen LogP contribution in [-0.4, -0.2) is 12.8 Å². The fourth-order valence-corrected chi connectivity index (χ4v) is 2.67. The Hall–Kier alpha value is -1.53. The molecule has 5 nitrogen and oxygen atoms in total. The molecule has 2 N–H and O–H groups in total. The second kappa shape index (κ2) is 3.56. The number of nitrogens with one attached hydrogen (secondary N) is 2. The molecule has 0 atom stereocenters. The van der Waals surface area contributed by atoms with Crippen LogP contribution in [0.2, 0.25) is 0 Å². The average molecular weight is 225 g/mol. The number of nitrogens with zero attached hydrogens (tertiary/aromatic N) is 1. The van der Waals surface area contributed by atoms with Gasteiger partial charge in [-0.3, -0.25) is 0 Å². The summed E-state index contributed by atoms with van der Waals surface area (Å²) in [5.74, 6) is 0. The Morgan fingerprint density at radius 2 is 2.00 bits per heavy atom. The Bertz CT molecular complexity index is 496. The van der Waals surface area contributed by atoms with Gasteiger partial charge in [-0.25, -0.2) is 0 Å². The highest BCUT2D eigenvalue weighted by Crippen LogP contribution is 2.18. The second-order valence-corrected chi connectivity index (χ2v) is 4.92. The van der Waals surface area contributed by atoms with Crippen molar-refractivity contribution in [1.29, 1.82) is 0 Å². The van der Waals surface area contributed by atoms with Gasteiger partial charge in [0, 0.05) is 6.20 Å². The summed E-state index contributed by atoms with van der Waals surface area (Å²) >= 11 is 0. The van der Waals surface area contributed by atoms with Gasteiger partial charge in [0.25, 0.3) is 10.0 Å². The van der Waals surface area contributed by atoms with E-state index >= 15 is 0 Å². The smallest absolute Gasteiger partial charge is 0.278 e. The van der Waals surface area contributed by atoms with Crippen molar-refractivity contribution in [2.45, 2.75) is 11.8 Å². The van der Waals surface area contributed by atoms with E-state index in [2.05, 4.69) is 11.0 Å². The molecule has 0 saturated heterocycles. The average Bonchev–Trinajstić information content (AvgIpc) is 2.71. The van der Waals surface area contributed by atoms with E-state index < -0.39 is 10.0 Å². The van der Waals surface area contributed by atoms with Crippen molar-refractivity contribution in [2.75, 3.05) is 0 Å². The quantitative estimate of drug-likeness (QED) is 0.768. The monoisotopic (exact) mass is 225 g/mol. The lowest BCUT2D eigenvalue weighted by Gasteiger charge is -2.16. The summed E-state index contributed by atoms with van der Waals surface area (Å²) in [6.07, 6.45) is 2.93. The normalized spacial score (nSPS) is 15.4. The highest BCUT2D eigenvalue weighted by Gasteiger charge is 2.24. The van der Waals surface area contributed by atoms with Gasteiger partial charge in [-0.1, -0.05) is 18.2 Å². The zero-order chi connectivity index (χ0) is 10.9. The second-order valence-electron chi connectivity index (χ2n) is 3.14. The van der Waals surface area contributed by atoms with Crippen molar-refractivity contribution in [2.24, 2.45) is 0 Å². The lowest BCUT2D eigenvalue weighted by atomic mass is 10.2. The number of sulfonamides is 1. The van der Waals surface area contributed by atoms with Crippen molar-refractivity contribution in [3.05, 3.63) is 42.2 Å². The van der Waals surface area contributed by atoms with Crippen LogP contribution in [0.3, 0.4) is 0 Å². The summed E-state index contributed by atoms with van der Waals surface area (Å²) in [7, 11) is -3.50. The van der Waals surface area contributed by atoms with Gasteiger partial charge in [0.1, 0.15) is 0 Å². The lowest BCUT2D eigenvalue weighted by molar-refractivity contribution is 0.400. The van der Waals surface area contributed by atoms with Gasteiger partial charge in [0.15, 0.2) is 0 Å². The van der Waals surface area contributed by atoms with E-state index in [4.69, 9.17) is 0 Å². The fraction of sp³-hybridized carbons (Fsp3) is 0.111. The molecule has 0 aromatic heterocycles. The van der Waals surface area contributed by atoms with Crippen LogP contribution >= 0.6 is 0 Å². The molecule has 0 amide bonds. The van der Waals surface area contributed by atoms with Gasteiger partial charge in [-0.05, 0) is 18.6 Å². The van der Waals surface area contributed by atoms with E-state index in [1.54, 1.807) is 31.2 Å². The van der Waals surface area contributed by atoms with Gasteiger partial charge in [-0.15, -0.1) is 5.53 Å². The van der Waals surface area contributed by atoms with Crippen LogP contribution in [0.5, 0.6) is 0 Å². The summed E-state index contributed by atoms with van der Waals surface area (Å²) in [5, 5.41) is 0. The number of aryl methyl sites for hydroxylation is 1. The van der Waals surface area contributed by atoms with Gasteiger partial charge < -0.3 is 5.43 Å². The predicted molar refractivity (Wildman–Crippen MR) is 55.6 cm³/mol. The van der Waals surface area contributed by atoms with Crippen molar-refractivity contribution >= 4 is 10.0 Å². The third-order valence-electron chi connectivity index (χ3n) is 2.10. The van der Waals surface area contributed by atoms with E-state index in [0.29, 0.717) is 4.90 Å². The van der Waals surface area contributed by atoms with Crippen molar-refractivity contribution in [1.82, 2.24) is 15.4 Å². The maximum absolute atomic E-state index is 12.0. The maximum atomic E-state index is 12.0. The Morgan fingerprint density at radius 3 is 2.60 bits per heavy atom. The standard InChI is InChI=1S/C9H11N3O2S/c1-8-4-2-3-5-9(8)15(13,14)12-7-6-10-11-12/h2-7,10-11H,1H3. The molecule has 2 rings (SSSR count). The first kappa shape index (κ1) is 10.0. The topological polar surface area (TPSA) is 61.4 Å². The van der Waals surface area contributed by atoms with Crippen LogP contribution in [0.4, 0.5) is 0 Å². The molecule has 0 saturated carbocycles. The minimum atomic E-state index is -3.50. The molecule has 0 aliphatic carbocycles. The van der Waals surface area contributed by atoms with E-state index in [9.17, 15) is 8.42 Å². The highest BCUT2D eigenvalue weighted by atomic mass is 32.2. The number of benzene rings is 1. The third kappa shape index (κ3) is 1.69. The van der Waals surface area contributed by atoms with Gasteiger partial charge in [0.05, 0.1) is 11.1 Å². The van der Waals surface area contributed by atoms with Crippen LogP contribution in [0, 0.1) is 6.92 Å². The molecular formula is C9H11N3O2S. The number of hydrogen-bond acceptors (Lipinski definition) is 4. The predicted octanol–water partition coefficient (Wildman–Crippen LogP) is 0.480. The van der Waals surface area contributed by atoms with Crippen LogP contribution in [0.15, 0.2) is 41.6 Å². The Morgan fingerprint density at radius 1 is 1.27 bits per heavy atom. The molecule has 1 aromatic carbocycles. The number of rotatable bonds is 2.